The van der Waals surface area contributed by atoms with Gasteiger partial charge in [-0.15, -0.1) is 0 Å². The molecule has 0 bridgehead atoms. The van der Waals surface area contributed by atoms with E-state index in [2.05, 4.69) is 5.16 Å². The number of rotatable bonds is 4. The standard InChI is InChI=1S/C13H15NO4/c1-2-17-13(16)11-10(8-15)18-14-12(11)9-6-4-3-5-7-9/h3-7,10-11,15H,2,8H2,1H3/t10-,11-/m1/s1. The van der Waals surface area contributed by atoms with Crippen LogP contribution in [0.5, 0.6) is 0 Å². The number of carbonyl (C=O) groups is 1. The summed E-state index contributed by atoms with van der Waals surface area (Å²) in [4.78, 5) is 17.0. The third kappa shape index (κ3) is 2.36. The van der Waals surface area contributed by atoms with Gasteiger partial charge in [-0.3, -0.25) is 4.79 Å². The fraction of sp³-hybridized carbons (Fsp3) is 0.385. The van der Waals surface area contributed by atoms with Gasteiger partial charge in [0.1, 0.15) is 11.6 Å². The summed E-state index contributed by atoms with van der Waals surface area (Å²) in [5.74, 6) is -1.09. The van der Waals surface area contributed by atoms with Crippen LogP contribution < -0.4 is 0 Å². The van der Waals surface area contributed by atoms with Gasteiger partial charge in [-0.1, -0.05) is 35.5 Å². The normalized spacial score (nSPS) is 22.2. The maximum atomic E-state index is 11.9. The molecule has 0 aliphatic carbocycles. The van der Waals surface area contributed by atoms with Crippen molar-refractivity contribution < 1.29 is 19.5 Å². The molecule has 0 amide bonds. The molecule has 0 fully saturated rings. The molecule has 1 aromatic rings. The van der Waals surface area contributed by atoms with Crippen molar-refractivity contribution in [2.24, 2.45) is 11.1 Å². The summed E-state index contributed by atoms with van der Waals surface area (Å²) in [6.07, 6.45) is -0.667. The van der Waals surface area contributed by atoms with Gasteiger partial charge in [0.05, 0.1) is 13.2 Å². The van der Waals surface area contributed by atoms with E-state index in [0.717, 1.165) is 5.56 Å². The number of hydrogen-bond acceptors (Lipinski definition) is 5. The van der Waals surface area contributed by atoms with E-state index in [-0.39, 0.29) is 13.2 Å². The van der Waals surface area contributed by atoms with Crippen LogP contribution in [-0.2, 0) is 14.4 Å². The van der Waals surface area contributed by atoms with Crippen LogP contribution in [0.1, 0.15) is 12.5 Å². The van der Waals surface area contributed by atoms with Gasteiger partial charge in [0.25, 0.3) is 0 Å². The van der Waals surface area contributed by atoms with Crippen LogP contribution in [0.4, 0.5) is 0 Å². The van der Waals surface area contributed by atoms with Gasteiger partial charge in [-0.05, 0) is 6.92 Å². The topological polar surface area (TPSA) is 68.1 Å². The van der Waals surface area contributed by atoms with Crippen molar-refractivity contribution in [1.29, 1.82) is 0 Å². The highest BCUT2D eigenvalue weighted by atomic mass is 16.7. The minimum atomic E-state index is -0.669. The highest BCUT2D eigenvalue weighted by molar-refractivity contribution is 6.12. The van der Waals surface area contributed by atoms with E-state index in [9.17, 15) is 9.90 Å². The molecule has 0 aromatic heterocycles. The average Bonchev–Trinajstić information content (AvgIpc) is 2.84. The molecule has 18 heavy (non-hydrogen) atoms. The van der Waals surface area contributed by atoms with Gasteiger partial charge in [-0.25, -0.2) is 0 Å². The molecule has 0 saturated heterocycles. The van der Waals surface area contributed by atoms with E-state index in [1.807, 2.05) is 30.3 Å². The molecular weight excluding hydrogens is 234 g/mol. The van der Waals surface area contributed by atoms with Crippen LogP contribution in [0, 0.1) is 5.92 Å². The molecule has 0 radical (unpaired) electrons. The summed E-state index contributed by atoms with van der Waals surface area (Å²) in [6.45, 7) is 1.75. The number of benzene rings is 1. The SMILES string of the molecule is CCOC(=O)[C@H]1C(c2ccccc2)=NO[C@@H]1CO. The van der Waals surface area contributed by atoms with Crippen molar-refractivity contribution in [3.63, 3.8) is 0 Å². The average molecular weight is 249 g/mol. The van der Waals surface area contributed by atoms with Crippen LogP contribution in [0.25, 0.3) is 0 Å². The Kier molecular flexibility index (Phi) is 3.94. The van der Waals surface area contributed by atoms with E-state index < -0.39 is 18.0 Å². The van der Waals surface area contributed by atoms with Gasteiger partial charge in [0.15, 0.2) is 6.10 Å². The van der Waals surface area contributed by atoms with Gasteiger partial charge >= 0.3 is 5.97 Å². The Balaban J connectivity index is 2.26. The minimum Gasteiger partial charge on any atom is -0.465 e. The Hall–Kier alpha value is -1.88. The Morgan fingerprint density at radius 2 is 2.17 bits per heavy atom. The van der Waals surface area contributed by atoms with E-state index in [1.165, 1.54) is 0 Å². The van der Waals surface area contributed by atoms with Crippen LogP contribution in [0.15, 0.2) is 35.5 Å². The second kappa shape index (κ2) is 5.64. The molecule has 2 atom stereocenters. The third-order valence-corrected chi connectivity index (χ3v) is 2.74. The molecular formula is C13H15NO4. The largest absolute Gasteiger partial charge is 0.465 e. The Morgan fingerprint density at radius 3 is 2.78 bits per heavy atom. The van der Waals surface area contributed by atoms with Crippen LogP contribution in [0.2, 0.25) is 0 Å². The lowest BCUT2D eigenvalue weighted by molar-refractivity contribution is -0.149. The highest BCUT2D eigenvalue weighted by Crippen LogP contribution is 2.24. The van der Waals surface area contributed by atoms with Crippen molar-refractivity contribution in [2.45, 2.75) is 13.0 Å². The first kappa shape index (κ1) is 12.6. The van der Waals surface area contributed by atoms with Crippen molar-refractivity contribution in [3.8, 4) is 0 Å². The molecule has 2 rings (SSSR count). The number of esters is 1. The third-order valence-electron chi connectivity index (χ3n) is 2.74. The maximum Gasteiger partial charge on any atom is 0.319 e. The van der Waals surface area contributed by atoms with E-state index in [4.69, 9.17) is 9.57 Å². The minimum absolute atomic E-state index is 0.274. The fourth-order valence-corrected chi connectivity index (χ4v) is 1.89. The predicted octanol–water partition coefficient (Wildman–Crippen LogP) is 0.961. The zero-order valence-corrected chi connectivity index (χ0v) is 10.1. The van der Waals surface area contributed by atoms with E-state index >= 15 is 0 Å². The Bertz CT molecular complexity index is 444. The molecule has 0 saturated carbocycles. The number of ether oxygens (including phenoxy) is 1. The lowest BCUT2D eigenvalue weighted by Gasteiger charge is -2.15. The number of hydrogen-bond donors (Lipinski definition) is 1. The zero-order valence-electron chi connectivity index (χ0n) is 10.1. The second-order valence-electron chi connectivity index (χ2n) is 3.90. The molecule has 96 valence electrons. The number of aliphatic hydroxyl groups excluding tert-OH is 1. The molecule has 1 aliphatic heterocycles. The first-order chi connectivity index (χ1) is 8.77. The van der Waals surface area contributed by atoms with Crippen molar-refractivity contribution in [2.75, 3.05) is 13.2 Å². The van der Waals surface area contributed by atoms with Gasteiger partial charge in [0, 0.05) is 5.56 Å². The monoisotopic (exact) mass is 249 g/mol. The molecule has 1 aliphatic rings. The first-order valence-corrected chi connectivity index (χ1v) is 5.84. The van der Waals surface area contributed by atoms with Crippen LogP contribution in [-0.4, -0.2) is 36.1 Å². The molecule has 5 heteroatoms. The highest BCUT2D eigenvalue weighted by Gasteiger charge is 2.41. The molecule has 1 N–H and O–H groups in total. The maximum absolute atomic E-state index is 11.9. The summed E-state index contributed by atoms with van der Waals surface area (Å²) in [5, 5.41) is 13.1. The Morgan fingerprint density at radius 1 is 1.44 bits per heavy atom. The van der Waals surface area contributed by atoms with Crippen LogP contribution in [0.3, 0.4) is 0 Å². The molecule has 0 spiro atoms. The fourth-order valence-electron chi connectivity index (χ4n) is 1.89. The first-order valence-electron chi connectivity index (χ1n) is 5.84. The Labute approximate surface area is 105 Å². The molecule has 5 nitrogen and oxygen atoms in total. The predicted molar refractivity (Wildman–Crippen MR) is 65.1 cm³/mol. The van der Waals surface area contributed by atoms with Gasteiger partial charge in [-0.2, -0.15) is 0 Å². The molecule has 0 unspecified atom stereocenters. The number of aliphatic hydroxyl groups is 1. The van der Waals surface area contributed by atoms with Crippen molar-refractivity contribution in [3.05, 3.63) is 35.9 Å². The lowest BCUT2D eigenvalue weighted by atomic mass is 9.93. The smallest absolute Gasteiger partial charge is 0.319 e. The van der Waals surface area contributed by atoms with E-state index in [0.29, 0.717) is 5.71 Å². The number of carbonyl (C=O) groups excluding carboxylic acids is 1. The zero-order chi connectivity index (χ0) is 13.0. The molecule has 1 aromatic carbocycles. The summed E-state index contributed by atoms with van der Waals surface area (Å²) >= 11 is 0. The summed E-state index contributed by atoms with van der Waals surface area (Å²) < 4.78 is 5.00. The van der Waals surface area contributed by atoms with Crippen molar-refractivity contribution in [1.82, 2.24) is 0 Å². The summed E-state index contributed by atoms with van der Waals surface area (Å²) in [7, 11) is 0. The van der Waals surface area contributed by atoms with Crippen LogP contribution >= 0.6 is 0 Å². The quantitative estimate of drug-likeness (QED) is 0.807. The summed E-state index contributed by atoms with van der Waals surface area (Å²) in [5.41, 5.74) is 1.31. The number of oxime groups is 1. The number of nitrogens with zero attached hydrogens (tertiary/aromatic N) is 1. The van der Waals surface area contributed by atoms with E-state index in [1.54, 1.807) is 6.92 Å². The van der Waals surface area contributed by atoms with Crippen molar-refractivity contribution >= 4 is 11.7 Å². The van der Waals surface area contributed by atoms with Gasteiger partial charge < -0.3 is 14.7 Å². The second-order valence-corrected chi connectivity index (χ2v) is 3.90. The summed E-state index contributed by atoms with van der Waals surface area (Å²) in [6, 6.07) is 9.27. The molecule has 1 heterocycles. The lowest BCUT2D eigenvalue weighted by Crippen LogP contribution is -2.35. The van der Waals surface area contributed by atoms with Gasteiger partial charge in [0.2, 0.25) is 0 Å².